The molecule has 1 N–H and O–H groups in total. The van der Waals surface area contributed by atoms with Crippen molar-refractivity contribution in [3.8, 4) is 0 Å². The molecular formula is C18H27N3O2. The van der Waals surface area contributed by atoms with Crippen molar-refractivity contribution in [2.75, 3.05) is 53.5 Å². The first-order valence-electron chi connectivity index (χ1n) is 8.44. The second-order valence-electron chi connectivity index (χ2n) is 6.76. The summed E-state index contributed by atoms with van der Waals surface area (Å²) in [5.74, 6) is 0.145. The standard InChI is InChI=1S/C18H27N3O2/c1-20(2)18(13-15-5-3-4-6-16(15)14-18)17(22)19-7-8-21-9-11-23-12-10-21/h3-6H,7-14H2,1-2H3,(H,19,22). The molecule has 126 valence electrons. The second-order valence-corrected chi connectivity index (χ2v) is 6.76. The number of benzene rings is 1. The minimum Gasteiger partial charge on any atom is -0.379 e. The van der Waals surface area contributed by atoms with Crippen LogP contribution in [0.4, 0.5) is 0 Å². The molecule has 0 radical (unpaired) electrons. The van der Waals surface area contributed by atoms with E-state index in [0.717, 1.165) is 45.7 Å². The van der Waals surface area contributed by atoms with Gasteiger partial charge in [0, 0.05) is 39.0 Å². The lowest BCUT2D eigenvalue weighted by molar-refractivity contribution is -0.131. The number of rotatable bonds is 5. The molecule has 1 heterocycles. The van der Waals surface area contributed by atoms with E-state index in [0.29, 0.717) is 6.54 Å². The molecule has 0 aromatic heterocycles. The fraction of sp³-hybridized carbons (Fsp3) is 0.611. The van der Waals surface area contributed by atoms with Gasteiger partial charge in [-0.05, 0) is 25.2 Å². The van der Waals surface area contributed by atoms with Crippen LogP contribution in [0, 0.1) is 0 Å². The van der Waals surface area contributed by atoms with E-state index in [1.54, 1.807) is 0 Å². The Morgan fingerprint density at radius 3 is 2.39 bits per heavy atom. The summed E-state index contributed by atoms with van der Waals surface area (Å²) >= 11 is 0. The summed E-state index contributed by atoms with van der Waals surface area (Å²) in [6, 6.07) is 8.39. The van der Waals surface area contributed by atoms with Gasteiger partial charge in [-0.25, -0.2) is 0 Å². The predicted octanol–water partition coefficient (Wildman–Crippen LogP) is 0.534. The van der Waals surface area contributed by atoms with Crippen LogP contribution in [0.1, 0.15) is 11.1 Å². The van der Waals surface area contributed by atoms with Gasteiger partial charge >= 0.3 is 0 Å². The van der Waals surface area contributed by atoms with E-state index in [-0.39, 0.29) is 5.91 Å². The van der Waals surface area contributed by atoms with Gasteiger partial charge in [0.2, 0.25) is 5.91 Å². The number of hydrogen-bond acceptors (Lipinski definition) is 4. The molecule has 1 amide bonds. The van der Waals surface area contributed by atoms with Crippen LogP contribution in [-0.4, -0.2) is 74.7 Å². The van der Waals surface area contributed by atoms with Gasteiger partial charge in [-0.1, -0.05) is 24.3 Å². The molecule has 0 bridgehead atoms. The summed E-state index contributed by atoms with van der Waals surface area (Å²) in [6.07, 6.45) is 1.58. The van der Waals surface area contributed by atoms with Crippen molar-refractivity contribution in [1.82, 2.24) is 15.1 Å². The van der Waals surface area contributed by atoms with Crippen LogP contribution in [-0.2, 0) is 22.4 Å². The van der Waals surface area contributed by atoms with Gasteiger partial charge in [0.05, 0.1) is 13.2 Å². The SMILES string of the molecule is CN(C)C1(C(=O)NCCN2CCOCC2)Cc2ccccc2C1. The molecule has 5 nitrogen and oxygen atoms in total. The fourth-order valence-electron chi connectivity index (χ4n) is 3.59. The van der Waals surface area contributed by atoms with E-state index in [1.807, 2.05) is 14.1 Å². The maximum atomic E-state index is 12.9. The first-order valence-corrected chi connectivity index (χ1v) is 8.44. The predicted molar refractivity (Wildman–Crippen MR) is 90.5 cm³/mol. The topological polar surface area (TPSA) is 44.8 Å². The van der Waals surface area contributed by atoms with Gasteiger partial charge in [-0.15, -0.1) is 0 Å². The third-order valence-corrected chi connectivity index (χ3v) is 5.18. The zero-order valence-corrected chi connectivity index (χ0v) is 14.2. The van der Waals surface area contributed by atoms with Crippen molar-refractivity contribution in [3.05, 3.63) is 35.4 Å². The highest BCUT2D eigenvalue weighted by Gasteiger charge is 2.45. The Morgan fingerprint density at radius 1 is 1.22 bits per heavy atom. The van der Waals surface area contributed by atoms with E-state index in [4.69, 9.17) is 4.74 Å². The number of carbonyl (C=O) groups excluding carboxylic acids is 1. The number of fused-ring (bicyclic) bond motifs is 1. The minimum atomic E-state index is -0.450. The molecule has 1 aromatic carbocycles. The lowest BCUT2D eigenvalue weighted by Crippen LogP contribution is -2.58. The number of nitrogens with one attached hydrogen (secondary N) is 1. The van der Waals surface area contributed by atoms with Gasteiger partial charge in [-0.3, -0.25) is 14.6 Å². The highest BCUT2D eigenvalue weighted by molar-refractivity contribution is 5.88. The van der Waals surface area contributed by atoms with E-state index in [1.165, 1.54) is 11.1 Å². The Hall–Kier alpha value is -1.43. The number of morpholine rings is 1. The number of ether oxygens (including phenoxy) is 1. The van der Waals surface area contributed by atoms with E-state index < -0.39 is 5.54 Å². The average Bonchev–Trinajstić information content (AvgIpc) is 2.97. The Morgan fingerprint density at radius 2 is 1.83 bits per heavy atom. The summed E-state index contributed by atoms with van der Waals surface area (Å²) < 4.78 is 5.36. The Kier molecular flexibility index (Phi) is 4.99. The van der Waals surface area contributed by atoms with Crippen molar-refractivity contribution in [3.63, 3.8) is 0 Å². The maximum Gasteiger partial charge on any atom is 0.241 e. The van der Waals surface area contributed by atoms with Crippen LogP contribution in [0.5, 0.6) is 0 Å². The normalized spacial score (nSPS) is 20.5. The second kappa shape index (κ2) is 6.99. The van der Waals surface area contributed by atoms with Gasteiger partial charge in [-0.2, -0.15) is 0 Å². The Balaban J connectivity index is 1.60. The zero-order chi connectivity index (χ0) is 16.3. The van der Waals surface area contributed by atoms with Crippen LogP contribution in [0.3, 0.4) is 0 Å². The summed E-state index contributed by atoms with van der Waals surface area (Å²) in [5.41, 5.74) is 2.14. The minimum absolute atomic E-state index is 0.145. The highest BCUT2D eigenvalue weighted by atomic mass is 16.5. The monoisotopic (exact) mass is 317 g/mol. The molecule has 1 aliphatic heterocycles. The van der Waals surface area contributed by atoms with Crippen molar-refractivity contribution < 1.29 is 9.53 Å². The van der Waals surface area contributed by atoms with Crippen molar-refractivity contribution in [2.45, 2.75) is 18.4 Å². The number of carbonyl (C=O) groups is 1. The third kappa shape index (κ3) is 3.42. The molecule has 1 aliphatic carbocycles. The van der Waals surface area contributed by atoms with E-state index in [2.05, 4.69) is 39.4 Å². The average molecular weight is 317 g/mol. The highest BCUT2D eigenvalue weighted by Crippen LogP contribution is 2.33. The van der Waals surface area contributed by atoms with Crippen LogP contribution in [0.2, 0.25) is 0 Å². The van der Waals surface area contributed by atoms with Crippen molar-refractivity contribution in [1.29, 1.82) is 0 Å². The first kappa shape index (κ1) is 16.4. The van der Waals surface area contributed by atoms with E-state index >= 15 is 0 Å². The maximum absolute atomic E-state index is 12.9. The smallest absolute Gasteiger partial charge is 0.241 e. The van der Waals surface area contributed by atoms with Crippen LogP contribution < -0.4 is 5.32 Å². The van der Waals surface area contributed by atoms with Gasteiger partial charge in [0.1, 0.15) is 5.54 Å². The van der Waals surface area contributed by atoms with Crippen LogP contribution in [0.25, 0.3) is 0 Å². The van der Waals surface area contributed by atoms with Crippen LogP contribution in [0.15, 0.2) is 24.3 Å². The number of likely N-dealkylation sites (N-methyl/N-ethyl adjacent to an activating group) is 1. The Labute approximate surface area is 138 Å². The molecule has 0 spiro atoms. The molecule has 0 saturated carbocycles. The van der Waals surface area contributed by atoms with Gasteiger partial charge < -0.3 is 10.1 Å². The summed E-state index contributed by atoms with van der Waals surface area (Å²) in [4.78, 5) is 17.3. The summed E-state index contributed by atoms with van der Waals surface area (Å²) in [6.45, 7) is 5.10. The molecule has 3 rings (SSSR count). The molecule has 5 heteroatoms. The number of hydrogen-bond donors (Lipinski definition) is 1. The molecule has 1 fully saturated rings. The quantitative estimate of drug-likeness (QED) is 0.861. The largest absolute Gasteiger partial charge is 0.379 e. The van der Waals surface area contributed by atoms with E-state index in [9.17, 15) is 4.79 Å². The lowest BCUT2D eigenvalue weighted by Gasteiger charge is -2.35. The molecule has 2 aliphatic rings. The molecule has 0 atom stereocenters. The fourth-order valence-corrected chi connectivity index (χ4v) is 3.59. The Bertz CT molecular complexity index is 528. The molecule has 0 unspecified atom stereocenters. The number of amides is 1. The number of nitrogens with zero attached hydrogens (tertiary/aromatic N) is 2. The lowest BCUT2D eigenvalue weighted by atomic mass is 9.93. The van der Waals surface area contributed by atoms with Crippen molar-refractivity contribution >= 4 is 5.91 Å². The third-order valence-electron chi connectivity index (χ3n) is 5.18. The molecule has 1 saturated heterocycles. The summed E-state index contributed by atoms with van der Waals surface area (Å²) in [5, 5.41) is 3.17. The molecular weight excluding hydrogens is 290 g/mol. The summed E-state index contributed by atoms with van der Waals surface area (Å²) in [7, 11) is 4.01. The van der Waals surface area contributed by atoms with Gasteiger partial charge in [0.25, 0.3) is 0 Å². The molecule has 23 heavy (non-hydrogen) atoms. The first-order chi connectivity index (χ1) is 11.1. The zero-order valence-electron chi connectivity index (χ0n) is 14.2. The van der Waals surface area contributed by atoms with Crippen LogP contribution >= 0.6 is 0 Å². The molecule has 1 aromatic rings. The van der Waals surface area contributed by atoms with Gasteiger partial charge in [0.15, 0.2) is 0 Å². The van der Waals surface area contributed by atoms with Crippen molar-refractivity contribution in [2.24, 2.45) is 0 Å².